The van der Waals surface area contributed by atoms with Crippen LogP contribution >= 0.6 is 0 Å². The van der Waals surface area contributed by atoms with Gasteiger partial charge < -0.3 is 15.7 Å². The number of nitrogens with one attached hydrogen (secondary N) is 2. The Balaban J connectivity index is 1.99. The molecule has 86 valence electrons. The fourth-order valence-corrected chi connectivity index (χ4v) is 2.06. The summed E-state index contributed by atoms with van der Waals surface area (Å²) in [4.78, 5) is 10.1. The summed E-state index contributed by atoms with van der Waals surface area (Å²) in [5.74, 6) is 0. The summed E-state index contributed by atoms with van der Waals surface area (Å²) in [6, 6.07) is 8.22. The number of benzene rings is 1. The molecule has 1 aromatic carbocycles. The predicted octanol–water partition coefficient (Wildman–Crippen LogP) is -0.192. The Kier molecular flexibility index (Phi) is 3.54. The van der Waals surface area contributed by atoms with E-state index >= 15 is 0 Å². The van der Waals surface area contributed by atoms with Gasteiger partial charge in [0, 0.05) is 19.1 Å². The molecule has 1 aromatic rings. The number of carbonyl (C=O) groups excluding carboxylic acids is 1. The van der Waals surface area contributed by atoms with E-state index in [9.17, 15) is 9.90 Å². The quantitative estimate of drug-likeness (QED) is 0.616. The highest BCUT2D eigenvalue weighted by molar-refractivity contribution is 5.45. The second kappa shape index (κ2) is 5.09. The summed E-state index contributed by atoms with van der Waals surface area (Å²) in [7, 11) is 0. The van der Waals surface area contributed by atoms with E-state index in [2.05, 4.69) is 22.8 Å². The van der Waals surface area contributed by atoms with Crippen molar-refractivity contribution in [3.8, 4) is 0 Å². The van der Waals surface area contributed by atoms with Gasteiger partial charge in [0.2, 0.25) is 6.41 Å². The molecule has 1 heterocycles. The lowest BCUT2D eigenvalue weighted by molar-refractivity contribution is -0.110. The van der Waals surface area contributed by atoms with Crippen molar-refractivity contribution in [2.24, 2.45) is 0 Å². The molecule has 1 aliphatic heterocycles. The third-order valence-electron chi connectivity index (χ3n) is 2.99. The van der Waals surface area contributed by atoms with Gasteiger partial charge in [-0.25, -0.2) is 0 Å². The molecule has 2 unspecified atom stereocenters. The minimum absolute atomic E-state index is 0.0161. The maximum Gasteiger partial charge on any atom is 0.207 e. The highest BCUT2D eigenvalue weighted by atomic mass is 16.3. The number of hydrogen-bond donors (Lipinski definition) is 3. The van der Waals surface area contributed by atoms with Gasteiger partial charge in [0.15, 0.2) is 0 Å². The molecule has 0 saturated carbocycles. The summed E-state index contributed by atoms with van der Waals surface area (Å²) in [6.45, 7) is 1.07. The third kappa shape index (κ3) is 2.40. The van der Waals surface area contributed by atoms with Crippen LogP contribution in [0, 0.1) is 0 Å². The molecule has 1 aliphatic rings. The van der Waals surface area contributed by atoms with E-state index in [0.717, 1.165) is 13.0 Å². The molecule has 0 aromatic heterocycles. The average molecular weight is 220 g/mol. The molecule has 0 aliphatic carbocycles. The molecular weight excluding hydrogens is 204 g/mol. The molecule has 3 N–H and O–H groups in total. The Morgan fingerprint density at radius 2 is 2.25 bits per heavy atom. The SMILES string of the molecule is O=CNCC(O)C1Cc2ccccc2CN1. The summed E-state index contributed by atoms with van der Waals surface area (Å²) in [5, 5.41) is 15.6. The van der Waals surface area contributed by atoms with Crippen LogP contribution in [0.4, 0.5) is 0 Å². The van der Waals surface area contributed by atoms with Gasteiger partial charge in [0.1, 0.15) is 0 Å². The van der Waals surface area contributed by atoms with Crippen LogP contribution in [0.2, 0.25) is 0 Å². The van der Waals surface area contributed by atoms with Crippen molar-refractivity contribution in [2.45, 2.75) is 25.1 Å². The maximum absolute atomic E-state index is 10.1. The van der Waals surface area contributed by atoms with Gasteiger partial charge in [0.25, 0.3) is 0 Å². The van der Waals surface area contributed by atoms with Crippen molar-refractivity contribution in [3.63, 3.8) is 0 Å². The van der Waals surface area contributed by atoms with Crippen molar-refractivity contribution in [2.75, 3.05) is 6.54 Å². The van der Waals surface area contributed by atoms with E-state index in [0.29, 0.717) is 13.0 Å². The zero-order valence-electron chi connectivity index (χ0n) is 9.02. The number of hydrogen-bond acceptors (Lipinski definition) is 3. The van der Waals surface area contributed by atoms with Gasteiger partial charge in [-0.1, -0.05) is 24.3 Å². The molecule has 0 spiro atoms. The standard InChI is InChI=1S/C12H16N2O2/c15-8-13-7-12(16)11-5-9-3-1-2-4-10(9)6-14-11/h1-4,8,11-12,14,16H,5-7H2,(H,13,15). The highest BCUT2D eigenvalue weighted by Crippen LogP contribution is 2.17. The van der Waals surface area contributed by atoms with Gasteiger partial charge in [-0.05, 0) is 17.5 Å². The minimum Gasteiger partial charge on any atom is -0.390 e. The third-order valence-corrected chi connectivity index (χ3v) is 2.99. The maximum atomic E-state index is 10.1. The second-order valence-corrected chi connectivity index (χ2v) is 4.05. The van der Waals surface area contributed by atoms with E-state index in [4.69, 9.17) is 0 Å². The van der Waals surface area contributed by atoms with Crippen LogP contribution in [0.1, 0.15) is 11.1 Å². The number of amides is 1. The summed E-state index contributed by atoms with van der Waals surface area (Å²) < 4.78 is 0. The average Bonchev–Trinajstić information content (AvgIpc) is 2.35. The molecule has 4 nitrogen and oxygen atoms in total. The van der Waals surface area contributed by atoms with Gasteiger partial charge >= 0.3 is 0 Å². The van der Waals surface area contributed by atoms with E-state index in [1.165, 1.54) is 11.1 Å². The van der Waals surface area contributed by atoms with Crippen molar-refractivity contribution in [1.82, 2.24) is 10.6 Å². The fourth-order valence-electron chi connectivity index (χ4n) is 2.06. The molecule has 1 amide bonds. The van der Waals surface area contributed by atoms with E-state index in [-0.39, 0.29) is 6.04 Å². The molecule has 2 atom stereocenters. The van der Waals surface area contributed by atoms with E-state index in [1.807, 2.05) is 12.1 Å². The molecule has 0 fully saturated rings. The topological polar surface area (TPSA) is 61.4 Å². The highest BCUT2D eigenvalue weighted by Gasteiger charge is 2.23. The van der Waals surface area contributed by atoms with Crippen LogP contribution in [0.25, 0.3) is 0 Å². The van der Waals surface area contributed by atoms with Crippen LogP contribution in [0.3, 0.4) is 0 Å². The van der Waals surface area contributed by atoms with Crippen LogP contribution in [-0.2, 0) is 17.8 Å². The molecule has 2 rings (SSSR count). The van der Waals surface area contributed by atoms with Crippen molar-refractivity contribution in [3.05, 3.63) is 35.4 Å². The lowest BCUT2D eigenvalue weighted by Crippen LogP contribution is -2.48. The molecule has 4 heteroatoms. The minimum atomic E-state index is -0.543. The van der Waals surface area contributed by atoms with Gasteiger partial charge in [-0.3, -0.25) is 4.79 Å². The zero-order valence-corrected chi connectivity index (χ0v) is 9.02. The van der Waals surface area contributed by atoms with Gasteiger partial charge in [0.05, 0.1) is 6.10 Å². The van der Waals surface area contributed by atoms with Crippen LogP contribution in [0.5, 0.6) is 0 Å². The largest absolute Gasteiger partial charge is 0.390 e. The monoisotopic (exact) mass is 220 g/mol. The van der Waals surface area contributed by atoms with Crippen LogP contribution in [-0.4, -0.2) is 30.2 Å². The molecular formula is C12H16N2O2. The van der Waals surface area contributed by atoms with Crippen LogP contribution < -0.4 is 10.6 Å². The Bertz CT molecular complexity index is 368. The Morgan fingerprint density at radius 1 is 1.50 bits per heavy atom. The Labute approximate surface area is 94.7 Å². The first-order chi connectivity index (χ1) is 7.81. The molecule has 0 radical (unpaired) electrons. The Morgan fingerprint density at radius 3 is 3.00 bits per heavy atom. The van der Waals surface area contributed by atoms with E-state index in [1.54, 1.807) is 0 Å². The predicted molar refractivity (Wildman–Crippen MR) is 60.8 cm³/mol. The van der Waals surface area contributed by atoms with Crippen molar-refractivity contribution in [1.29, 1.82) is 0 Å². The zero-order chi connectivity index (χ0) is 11.4. The number of aliphatic hydroxyl groups is 1. The van der Waals surface area contributed by atoms with Crippen molar-refractivity contribution >= 4 is 6.41 Å². The summed E-state index contributed by atoms with van der Waals surface area (Å²) in [6.07, 6.45) is 0.872. The summed E-state index contributed by atoms with van der Waals surface area (Å²) in [5.41, 5.74) is 2.56. The van der Waals surface area contributed by atoms with Gasteiger partial charge in [-0.2, -0.15) is 0 Å². The smallest absolute Gasteiger partial charge is 0.207 e. The van der Waals surface area contributed by atoms with Crippen LogP contribution in [0.15, 0.2) is 24.3 Å². The fraction of sp³-hybridized carbons (Fsp3) is 0.417. The van der Waals surface area contributed by atoms with Crippen molar-refractivity contribution < 1.29 is 9.90 Å². The lowest BCUT2D eigenvalue weighted by Gasteiger charge is -2.29. The first-order valence-electron chi connectivity index (χ1n) is 5.46. The number of aliphatic hydroxyl groups excluding tert-OH is 1. The molecule has 0 bridgehead atoms. The van der Waals surface area contributed by atoms with E-state index < -0.39 is 6.10 Å². The number of rotatable bonds is 4. The lowest BCUT2D eigenvalue weighted by atomic mass is 9.93. The van der Waals surface area contributed by atoms with Gasteiger partial charge in [-0.15, -0.1) is 0 Å². The molecule has 16 heavy (non-hydrogen) atoms. The second-order valence-electron chi connectivity index (χ2n) is 4.05. The molecule has 0 saturated heterocycles. The Hall–Kier alpha value is -1.39. The first-order valence-corrected chi connectivity index (χ1v) is 5.46. The number of carbonyl (C=O) groups is 1. The first kappa shape index (κ1) is 11.1. The summed E-state index contributed by atoms with van der Waals surface area (Å²) >= 11 is 0. The normalized spacial score (nSPS) is 20.9. The number of fused-ring (bicyclic) bond motifs is 1.